The van der Waals surface area contributed by atoms with Gasteiger partial charge in [0.2, 0.25) is 10.0 Å². The summed E-state index contributed by atoms with van der Waals surface area (Å²) in [5.41, 5.74) is 1.25. The van der Waals surface area contributed by atoms with E-state index >= 15 is 8.42 Å². The van der Waals surface area contributed by atoms with Gasteiger partial charge in [0.05, 0.1) is 29.6 Å². The fraction of sp³-hybridized carbons (Fsp3) is 0.690. The second-order valence-corrected chi connectivity index (χ2v) is 19.3. The van der Waals surface area contributed by atoms with Crippen LogP contribution in [0.25, 0.3) is 0 Å². The number of nitrogens with zero attached hydrogens (tertiary/aromatic N) is 1. The van der Waals surface area contributed by atoms with Crippen LogP contribution in [-0.4, -0.2) is 80.8 Å². The molecule has 2 aliphatic rings. The van der Waals surface area contributed by atoms with Gasteiger partial charge in [-0.25, -0.2) is 13.2 Å². The van der Waals surface area contributed by atoms with E-state index in [1.807, 2.05) is 107 Å². The molecule has 2 fully saturated rings. The summed E-state index contributed by atoms with van der Waals surface area (Å²) >= 11 is 0. The summed E-state index contributed by atoms with van der Waals surface area (Å²) in [5, 5.41) is 6.38. The van der Waals surface area contributed by atoms with E-state index in [0.717, 1.165) is 22.4 Å². The van der Waals surface area contributed by atoms with Crippen LogP contribution < -0.4 is 10.6 Å². The number of hydrogen-bond donors (Lipinski definition) is 2. The fourth-order valence-electron chi connectivity index (χ4n) is 8.65. The van der Waals surface area contributed by atoms with Gasteiger partial charge in [-0.05, 0) is 114 Å². The van der Waals surface area contributed by atoms with Crippen LogP contribution in [0.3, 0.4) is 0 Å². The van der Waals surface area contributed by atoms with Gasteiger partial charge < -0.3 is 29.6 Å². The Bertz CT molecular complexity index is 1760. The van der Waals surface area contributed by atoms with Crippen LogP contribution >= 0.6 is 0 Å². The standard InChI is InChI=1S/C42H67N3O7S/c1-26(2)38(7,8)39(9,10)45(53(47,48)34-22-21-32(43-15)28(4)29(34)5)25-33(49-16)36(30(6)31-20-18-17-19-27(31)3)44-37(46)51-41(13)35-23-24-50-42(35,14)52-40(41,11)12/h17-22,26,30,33,35-36,43H,23-25H2,1-16H3,(H,44,46)/t30?,33-,35+,36+,41-,42-/m1/s1. The summed E-state index contributed by atoms with van der Waals surface area (Å²) in [6, 6.07) is 10.8. The summed E-state index contributed by atoms with van der Waals surface area (Å²) in [6.45, 7) is 28.5. The van der Waals surface area contributed by atoms with E-state index in [4.69, 9.17) is 18.9 Å². The van der Waals surface area contributed by atoms with Gasteiger partial charge in [-0.15, -0.1) is 0 Å². The number of ether oxygens (including phenoxy) is 4. The quantitative estimate of drug-likeness (QED) is 0.198. The largest absolute Gasteiger partial charge is 0.440 e. The summed E-state index contributed by atoms with van der Waals surface area (Å²) in [4.78, 5) is 14.5. The molecule has 0 spiro atoms. The lowest BCUT2D eigenvalue weighted by atomic mass is 9.67. The molecule has 2 heterocycles. The Hall–Kier alpha value is -2.70. The molecule has 2 N–H and O–H groups in total. The lowest BCUT2D eigenvalue weighted by Gasteiger charge is -2.52. The fourth-order valence-corrected chi connectivity index (χ4v) is 10.8. The molecule has 298 valence electrons. The Balaban J connectivity index is 1.84. The van der Waals surface area contributed by atoms with Crippen molar-refractivity contribution >= 4 is 21.8 Å². The number of benzene rings is 2. The van der Waals surface area contributed by atoms with Gasteiger partial charge in [-0.2, -0.15) is 4.31 Å². The molecule has 1 amide bonds. The predicted octanol–water partition coefficient (Wildman–Crippen LogP) is 8.34. The normalized spacial score (nSPS) is 24.9. The highest BCUT2D eigenvalue weighted by molar-refractivity contribution is 7.89. The number of nitrogens with one attached hydrogen (secondary N) is 2. The number of rotatable bonds is 14. The van der Waals surface area contributed by atoms with Gasteiger partial charge in [-0.1, -0.05) is 58.9 Å². The Morgan fingerprint density at radius 3 is 2.19 bits per heavy atom. The smallest absolute Gasteiger partial charge is 0.408 e. The molecule has 0 aliphatic carbocycles. The highest BCUT2D eigenvalue weighted by atomic mass is 32.2. The van der Waals surface area contributed by atoms with E-state index in [1.165, 1.54) is 0 Å². The highest BCUT2D eigenvalue weighted by Gasteiger charge is 2.68. The molecule has 53 heavy (non-hydrogen) atoms. The Morgan fingerprint density at radius 2 is 1.62 bits per heavy atom. The maximum Gasteiger partial charge on any atom is 0.408 e. The molecule has 0 aromatic heterocycles. The van der Waals surface area contributed by atoms with Crippen LogP contribution in [0.5, 0.6) is 0 Å². The van der Waals surface area contributed by atoms with Crippen molar-refractivity contribution in [2.45, 2.75) is 149 Å². The zero-order chi connectivity index (χ0) is 40.1. The van der Waals surface area contributed by atoms with E-state index < -0.39 is 56.2 Å². The van der Waals surface area contributed by atoms with Crippen LogP contribution in [0.2, 0.25) is 0 Å². The molecule has 10 nitrogen and oxygen atoms in total. The van der Waals surface area contributed by atoms with E-state index in [9.17, 15) is 4.79 Å². The summed E-state index contributed by atoms with van der Waals surface area (Å²) in [6.07, 6.45) is -0.721. The second-order valence-electron chi connectivity index (χ2n) is 17.5. The van der Waals surface area contributed by atoms with Gasteiger partial charge in [0.25, 0.3) is 0 Å². The van der Waals surface area contributed by atoms with Gasteiger partial charge in [0.1, 0.15) is 11.2 Å². The lowest BCUT2D eigenvalue weighted by Crippen LogP contribution is -2.62. The highest BCUT2D eigenvalue weighted by Crippen LogP contribution is 2.56. The number of sulfonamides is 1. The van der Waals surface area contributed by atoms with Gasteiger partial charge in [0.15, 0.2) is 5.79 Å². The van der Waals surface area contributed by atoms with Gasteiger partial charge in [-0.3, -0.25) is 0 Å². The molecule has 6 atom stereocenters. The Morgan fingerprint density at radius 1 is 1.00 bits per heavy atom. The van der Waals surface area contributed by atoms with E-state index in [1.54, 1.807) is 17.5 Å². The van der Waals surface area contributed by atoms with Crippen molar-refractivity contribution in [3.63, 3.8) is 0 Å². The first-order valence-corrected chi connectivity index (χ1v) is 20.5. The van der Waals surface area contributed by atoms with Crippen LogP contribution in [0.15, 0.2) is 41.3 Å². The van der Waals surface area contributed by atoms with Crippen LogP contribution in [0, 0.1) is 38.0 Å². The number of carbonyl (C=O) groups is 1. The predicted molar refractivity (Wildman–Crippen MR) is 212 cm³/mol. The van der Waals surface area contributed by atoms with Crippen LogP contribution in [-0.2, 0) is 29.0 Å². The molecule has 2 aliphatic heterocycles. The third-order valence-corrected chi connectivity index (χ3v) is 16.0. The number of fused-ring (bicyclic) bond motifs is 1. The van der Waals surface area contributed by atoms with Gasteiger partial charge >= 0.3 is 6.09 Å². The Kier molecular flexibility index (Phi) is 12.3. The number of amides is 1. The maximum absolute atomic E-state index is 15.2. The Labute approximate surface area is 320 Å². The molecule has 2 saturated heterocycles. The average molecular weight is 758 g/mol. The topological polar surface area (TPSA) is 115 Å². The van der Waals surface area contributed by atoms with Crippen molar-refractivity contribution in [2.24, 2.45) is 17.3 Å². The third-order valence-electron chi connectivity index (χ3n) is 13.8. The average Bonchev–Trinajstić information content (AvgIpc) is 3.51. The van der Waals surface area contributed by atoms with Crippen molar-refractivity contribution in [1.82, 2.24) is 9.62 Å². The molecule has 0 bridgehead atoms. The molecule has 4 rings (SSSR count). The molecular formula is C42H67N3O7S. The van der Waals surface area contributed by atoms with E-state index in [-0.39, 0.29) is 29.2 Å². The first kappa shape index (κ1) is 43.0. The molecule has 2 aromatic rings. The van der Waals surface area contributed by atoms with Crippen molar-refractivity contribution in [2.75, 3.05) is 32.6 Å². The molecule has 11 heteroatoms. The minimum atomic E-state index is -4.13. The van der Waals surface area contributed by atoms with Crippen molar-refractivity contribution in [3.05, 3.63) is 58.7 Å². The number of anilines is 1. The molecular weight excluding hydrogens is 691 g/mol. The van der Waals surface area contributed by atoms with E-state index in [0.29, 0.717) is 18.6 Å². The number of hydrogen-bond acceptors (Lipinski definition) is 8. The number of aryl methyl sites for hydroxylation is 1. The SMILES string of the molecule is CNc1ccc(S(=O)(=O)N(C[C@@H](OC)[C@@H](NC(=O)O[C@]2(C)[C@@H]3CCO[C@]3(C)OC2(C)C)C(C)c2ccccc2C)C(C)(C)C(C)(C)C(C)C)c(C)c1C. The monoisotopic (exact) mass is 757 g/mol. The van der Waals surface area contributed by atoms with Crippen molar-refractivity contribution in [1.29, 1.82) is 0 Å². The first-order valence-electron chi connectivity index (χ1n) is 19.1. The van der Waals surface area contributed by atoms with Gasteiger partial charge in [0, 0.05) is 37.8 Å². The summed E-state index contributed by atoms with van der Waals surface area (Å²) in [7, 11) is -0.723. The lowest BCUT2D eigenvalue weighted by molar-refractivity contribution is -0.227. The van der Waals surface area contributed by atoms with E-state index in [2.05, 4.69) is 38.3 Å². The molecule has 0 saturated carbocycles. The summed E-state index contributed by atoms with van der Waals surface area (Å²) < 4.78 is 57.2. The zero-order valence-corrected chi connectivity index (χ0v) is 36.0. The number of carbonyl (C=O) groups excluding carboxylic acids is 1. The summed E-state index contributed by atoms with van der Waals surface area (Å²) in [5.74, 6) is -1.21. The molecule has 1 unspecified atom stereocenters. The molecule has 2 aromatic carbocycles. The number of methoxy groups -OCH3 is 1. The minimum Gasteiger partial charge on any atom is -0.440 e. The second kappa shape index (κ2) is 15.1. The number of alkyl carbamates (subject to hydrolysis) is 1. The first-order chi connectivity index (χ1) is 24.3. The maximum atomic E-state index is 15.2. The third kappa shape index (κ3) is 7.50. The minimum absolute atomic E-state index is 0.0319. The zero-order valence-electron chi connectivity index (χ0n) is 35.2. The van der Waals surface area contributed by atoms with Crippen LogP contribution in [0.4, 0.5) is 10.5 Å². The van der Waals surface area contributed by atoms with Crippen molar-refractivity contribution in [3.8, 4) is 0 Å². The molecule has 0 radical (unpaired) electrons. The van der Waals surface area contributed by atoms with Crippen LogP contribution in [0.1, 0.15) is 111 Å². The van der Waals surface area contributed by atoms with Crippen molar-refractivity contribution < 1.29 is 32.2 Å².